The second kappa shape index (κ2) is 6.06. The van der Waals surface area contributed by atoms with Crippen LogP contribution in [0.2, 0.25) is 0 Å². The van der Waals surface area contributed by atoms with Gasteiger partial charge < -0.3 is 5.32 Å². The SMILES string of the molecule is C#CCC(CC)N1CCNCC1CC. The van der Waals surface area contributed by atoms with Gasteiger partial charge in [-0.2, -0.15) is 0 Å². The summed E-state index contributed by atoms with van der Waals surface area (Å²) in [4.78, 5) is 2.59. The van der Waals surface area contributed by atoms with Crippen LogP contribution in [0.4, 0.5) is 0 Å². The van der Waals surface area contributed by atoms with E-state index in [4.69, 9.17) is 6.42 Å². The fraction of sp³-hybridized carbons (Fsp3) is 0.833. The van der Waals surface area contributed by atoms with Gasteiger partial charge >= 0.3 is 0 Å². The maximum atomic E-state index is 5.41. The van der Waals surface area contributed by atoms with Crippen molar-refractivity contribution in [1.29, 1.82) is 0 Å². The van der Waals surface area contributed by atoms with Crippen LogP contribution in [0, 0.1) is 12.3 Å². The van der Waals surface area contributed by atoms with Gasteiger partial charge in [0.1, 0.15) is 0 Å². The molecule has 2 nitrogen and oxygen atoms in total. The lowest BCUT2D eigenvalue weighted by atomic mass is 10.0. The predicted octanol–water partition coefficient (Wildman–Crippen LogP) is 1.47. The van der Waals surface area contributed by atoms with E-state index in [1.807, 2.05) is 0 Å². The van der Waals surface area contributed by atoms with Gasteiger partial charge in [-0.1, -0.05) is 13.8 Å². The second-order valence-corrected chi connectivity index (χ2v) is 3.97. The van der Waals surface area contributed by atoms with Gasteiger partial charge in [-0.15, -0.1) is 12.3 Å². The summed E-state index contributed by atoms with van der Waals surface area (Å²) in [5, 5.41) is 3.44. The Labute approximate surface area is 88.1 Å². The molecular formula is C12H22N2. The van der Waals surface area contributed by atoms with Gasteiger partial charge in [0.15, 0.2) is 0 Å². The van der Waals surface area contributed by atoms with E-state index in [-0.39, 0.29) is 0 Å². The molecule has 0 radical (unpaired) electrons. The van der Waals surface area contributed by atoms with Crippen LogP contribution in [0.3, 0.4) is 0 Å². The van der Waals surface area contributed by atoms with Gasteiger partial charge in [0, 0.05) is 38.1 Å². The molecule has 0 saturated carbocycles. The zero-order valence-electron chi connectivity index (χ0n) is 9.42. The van der Waals surface area contributed by atoms with Gasteiger partial charge in [-0.3, -0.25) is 4.90 Å². The van der Waals surface area contributed by atoms with E-state index in [9.17, 15) is 0 Å². The van der Waals surface area contributed by atoms with Crippen molar-refractivity contribution >= 4 is 0 Å². The first-order valence-electron chi connectivity index (χ1n) is 5.73. The Balaban J connectivity index is 2.56. The van der Waals surface area contributed by atoms with Crippen molar-refractivity contribution in [2.75, 3.05) is 19.6 Å². The normalized spacial score (nSPS) is 25.6. The highest BCUT2D eigenvalue weighted by Gasteiger charge is 2.25. The lowest BCUT2D eigenvalue weighted by Crippen LogP contribution is -2.54. The standard InChI is InChI=1S/C12H22N2/c1-4-7-11(5-2)14-9-8-13-10-12(14)6-3/h1,11-13H,5-10H2,2-3H3. The maximum Gasteiger partial charge on any atom is 0.0242 e. The molecule has 0 spiro atoms. The average molecular weight is 194 g/mol. The van der Waals surface area contributed by atoms with Crippen molar-refractivity contribution < 1.29 is 0 Å². The van der Waals surface area contributed by atoms with Crippen LogP contribution in [0.15, 0.2) is 0 Å². The van der Waals surface area contributed by atoms with E-state index < -0.39 is 0 Å². The Morgan fingerprint density at radius 1 is 1.57 bits per heavy atom. The molecule has 1 aliphatic heterocycles. The van der Waals surface area contributed by atoms with Gasteiger partial charge in [0.05, 0.1) is 0 Å². The molecule has 2 heteroatoms. The quantitative estimate of drug-likeness (QED) is 0.682. The first kappa shape index (κ1) is 11.6. The van der Waals surface area contributed by atoms with Crippen LogP contribution >= 0.6 is 0 Å². The molecule has 1 rings (SSSR count). The Kier molecular flexibility index (Phi) is 5.00. The fourth-order valence-electron chi connectivity index (χ4n) is 2.27. The number of hydrogen-bond donors (Lipinski definition) is 1. The topological polar surface area (TPSA) is 15.3 Å². The summed E-state index contributed by atoms with van der Waals surface area (Å²) in [5.74, 6) is 2.80. The van der Waals surface area contributed by atoms with Gasteiger partial charge in [-0.25, -0.2) is 0 Å². The van der Waals surface area contributed by atoms with Crippen molar-refractivity contribution in [3.8, 4) is 12.3 Å². The zero-order chi connectivity index (χ0) is 10.4. The minimum Gasteiger partial charge on any atom is -0.314 e. The van der Waals surface area contributed by atoms with E-state index in [1.54, 1.807) is 0 Å². The smallest absolute Gasteiger partial charge is 0.0242 e. The van der Waals surface area contributed by atoms with Crippen LogP contribution < -0.4 is 5.32 Å². The first-order valence-corrected chi connectivity index (χ1v) is 5.73. The number of nitrogens with zero attached hydrogens (tertiary/aromatic N) is 1. The summed E-state index contributed by atoms with van der Waals surface area (Å²) in [6, 6.07) is 1.27. The molecule has 1 saturated heterocycles. The molecule has 1 N–H and O–H groups in total. The van der Waals surface area contributed by atoms with Crippen LogP contribution in [-0.2, 0) is 0 Å². The molecule has 0 amide bonds. The summed E-state index contributed by atoms with van der Waals surface area (Å²) in [6.07, 6.45) is 8.69. The van der Waals surface area contributed by atoms with Crippen LogP contribution in [-0.4, -0.2) is 36.6 Å². The highest BCUT2D eigenvalue weighted by atomic mass is 15.2. The lowest BCUT2D eigenvalue weighted by Gasteiger charge is -2.40. The zero-order valence-corrected chi connectivity index (χ0v) is 9.42. The molecule has 2 unspecified atom stereocenters. The summed E-state index contributed by atoms with van der Waals surface area (Å²) >= 11 is 0. The molecule has 2 atom stereocenters. The molecule has 0 aromatic carbocycles. The van der Waals surface area contributed by atoms with E-state index >= 15 is 0 Å². The lowest BCUT2D eigenvalue weighted by molar-refractivity contribution is 0.102. The number of terminal acetylenes is 1. The third-order valence-corrected chi connectivity index (χ3v) is 3.16. The molecule has 0 aromatic heterocycles. The molecule has 1 heterocycles. The van der Waals surface area contributed by atoms with Crippen LogP contribution in [0.5, 0.6) is 0 Å². The highest BCUT2D eigenvalue weighted by molar-refractivity contribution is 4.93. The van der Waals surface area contributed by atoms with E-state index in [0.717, 1.165) is 26.1 Å². The molecule has 14 heavy (non-hydrogen) atoms. The number of hydrogen-bond acceptors (Lipinski definition) is 2. The van der Waals surface area contributed by atoms with Crippen LogP contribution in [0.25, 0.3) is 0 Å². The molecule has 1 aliphatic rings. The minimum atomic E-state index is 0.590. The van der Waals surface area contributed by atoms with Crippen molar-refractivity contribution in [2.24, 2.45) is 0 Å². The number of rotatable bonds is 4. The Hall–Kier alpha value is -0.520. The van der Waals surface area contributed by atoms with Crippen molar-refractivity contribution in [3.63, 3.8) is 0 Å². The molecule has 0 aliphatic carbocycles. The Morgan fingerprint density at radius 2 is 2.36 bits per heavy atom. The monoisotopic (exact) mass is 194 g/mol. The molecule has 0 aromatic rings. The summed E-state index contributed by atoms with van der Waals surface area (Å²) in [7, 11) is 0. The van der Waals surface area contributed by atoms with Gasteiger partial charge in [0.25, 0.3) is 0 Å². The van der Waals surface area contributed by atoms with Crippen molar-refractivity contribution in [2.45, 2.75) is 45.2 Å². The van der Waals surface area contributed by atoms with E-state index in [0.29, 0.717) is 12.1 Å². The minimum absolute atomic E-state index is 0.590. The molecule has 1 fully saturated rings. The number of piperazine rings is 1. The van der Waals surface area contributed by atoms with E-state index in [1.165, 1.54) is 12.8 Å². The van der Waals surface area contributed by atoms with E-state index in [2.05, 4.69) is 30.0 Å². The number of nitrogens with one attached hydrogen (secondary N) is 1. The van der Waals surface area contributed by atoms with Crippen molar-refractivity contribution in [3.05, 3.63) is 0 Å². The first-order chi connectivity index (χ1) is 6.83. The third kappa shape index (κ3) is 2.73. The second-order valence-electron chi connectivity index (χ2n) is 3.97. The highest BCUT2D eigenvalue weighted by Crippen LogP contribution is 2.16. The van der Waals surface area contributed by atoms with Gasteiger partial charge in [0.2, 0.25) is 0 Å². The van der Waals surface area contributed by atoms with Crippen molar-refractivity contribution in [1.82, 2.24) is 10.2 Å². The summed E-state index contributed by atoms with van der Waals surface area (Å²) in [6.45, 7) is 7.87. The predicted molar refractivity (Wildman–Crippen MR) is 61.2 cm³/mol. The van der Waals surface area contributed by atoms with Crippen LogP contribution in [0.1, 0.15) is 33.1 Å². The third-order valence-electron chi connectivity index (χ3n) is 3.16. The fourth-order valence-corrected chi connectivity index (χ4v) is 2.27. The summed E-state index contributed by atoms with van der Waals surface area (Å²) in [5.41, 5.74) is 0. The maximum absolute atomic E-state index is 5.41. The summed E-state index contributed by atoms with van der Waals surface area (Å²) < 4.78 is 0. The Bertz CT molecular complexity index is 195. The molecular weight excluding hydrogens is 172 g/mol. The average Bonchev–Trinajstić information content (AvgIpc) is 2.26. The molecule has 0 bridgehead atoms. The molecule has 80 valence electrons. The largest absolute Gasteiger partial charge is 0.314 e. The van der Waals surface area contributed by atoms with Gasteiger partial charge in [-0.05, 0) is 12.8 Å². The Morgan fingerprint density at radius 3 is 2.93 bits per heavy atom.